The molecular formula is C23H21NO5. The van der Waals surface area contributed by atoms with Crippen LogP contribution in [0.4, 0.5) is 0 Å². The van der Waals surface area contributed by atoms with Crippen LogP contribution in [-0.4, -0.2) is 37.7 Å². The molecule has 1 atom stereocenters. The summed E-state index contributed by atoms with van der Waals surface area (Å²) in [5.41, 5.74) is 0.875. The van der Waals surface area contributed by atoms with Gasteiger partial charge in [-0.3, -0.25) is 9.59 Å². The van der Waals surface area contributed by atoms with Crippen LogP contribution in [-0.2, 0) is 20.7 Å². The number of fused-ring (bicyclic) bond motifs is 2. The highest BCUT2D eigenvalue weighted by Gasteiger charge is 2.21. The fraction of sp³-hybridized carbons (Fsp3) is 0.217. The van der Waals surface area contributed by atoms with E-state index >= 15 is 0 Å². The minimum atomic E-state index is -0.442. The van der Waals surface area contributed by atoms with Crippen LogP contribution in [0.2, 0.25) is 0 Å². The van der Waals surface area contributed by atoms with E-state index in [2.05, 4.69) is 5.32 Å². The van der Waals surface area contributed by atoms with Crippen LogP contribution in [0.15, 0.2) is 66.7 Å². The molecular weight excluding hydrogens is 370 g/mol. The van der Waals surface area contributed by atoms with Crippen LogP contribution in [0.1, 0.15) is 5.56 Å². The third kappa shape index (κ3) is 4.66. The Hall–Kier alpha value is -3.54. The van der Waals surface area contributed by atoms with Crippen molar-refractivity contribution in [1.82, 2.24) is 5.32 Å². The van der Waals surface area contributed by atoms with E-state index in [0.717, 1.165) is 16.3 Å². The third-order valence-electron chi connectivity index (χ3n) is 4.67. The van der Waals surface area contributed by atoms with Crippen molar-refractivity contribution in [1.29, 1.82) is 0 Å². The first-order valence-electron chi connectivity index (χ1n) is 9.46. The van der Waals surface area contributed by atoms with Gasteiger partial charge in [-0.15, -0.1) is 0 Å². The van der Waals surface area contributed by atoms with E-state index in [1.165, 1.54) is 0 Å². The summed E-state index contributed by atoms with van der Waals surface area (Å²) in [6.07, 6.45) is -0.175. The molecule has 1 heterocycles. The van der Waals surface area contributed by atoms with Gasteiger partial charge in [-0.1, -0.05) is 54.6 Å². The Morgan fingerprint density at radius 2 is 1.72 bits per heavy atom. The second-order valence-electron chi connectivity index (χ2n) is 6.78. The van der Waals surface area contributed by atoms with Crippen LogP contribution >= 0.6 is 0 Å². The number of ether oxygens (including phenoxy) is 3. The Kier molecular flexibility index (Phi) is 5.61. The van der Waals surface area contributed by atoms with Crippen molar-refractivity contribution >= 4 is 22.6 Å². The number of esters is 1. The predicted octanol–water partition coefficient (Wildman–Crippen LogP) is 2.88. The Labute approximate surface area is 168 Å². The maximum atomic E-state index is 12.2. The molecule has 0 saturated heterocycles. The third-order valence-corrected chi connectivity index (χ3v) is 4.67. The molecule has 1 N–H and O–H groups in total. The van der Waals surface area contributed by atoms with Crippen molar-refractivity contribution in [2.24, 2.45) is 0 Å². The zero-order valence-corrected chi connectivity index (χ0v) is 15.8. The highest BCUT2D eigenvalue weighted by molar-refractivity contribution is 5.89. The molecule has 6 heteroatoms. The number of para-hydroxylation sites is 2. The molecule has 0 bridgehead atoms. The van der Waals surface area contributed by atoms with E-state index in [4.69, 9.17) is 14.2 Å². The number of nitrogens with one attached hydrogen (secondary N) is 1. The fourth-order valence-corrected chi connectivity index (χ4v) is 3.24. The van der Waals surface area contributed by atoms with E-state index in [1.54, 1.807) is 0 Å². The van der Waals surface area contributed by atoms with E-state index in [-0.39, 0.29) is 31.6 Å². The topological polar surface area (TPSA) is 73.9 Å². The Morgan fingerprint density at radius 3 is 2.62 bits per heavy atom. The molecule has 29 heavy (non-hydrogen) atoms. The van der Waals surface area contributed by atoms with Gasteiger partial charge >= 0.3 is 5.97 Å². The lowest BCUT2D eigenvalue weighted by Gasteiger charge is -2.26. The van der Waals surface area contributed by atoms with Crippen LogP contribution in [0.25, 0.3) is 10.8 Å². The number of hydrogen-bond donors (Lipinski definition) is 1. The lowest BCUT2D eigenvalue weighted by atomic mass is 10.0. The van der Waals surface area contributed by atoms with Gasteiger partial charge in [-0.25, -0.2) is 0 Å². The predicted molar refractivity (Wildman–Crippen MR) is 108 cm³/mol. The van der Waals surface area contributed by atoms with Crippen LogP contribution in [0.3, 0.4) is 0 Å². The maximum absolute atomic E-state index is 12.2. The molecule has 0 unspecified atom stereocenters. The normalized spacial score (nSPS) is 15.0. The largest absolute Gasteiger partial charge is 0.486 e. The molecule has 0 fully saturated rings. The smallest absolute Gasteiger partial charge is 0.310 e. The number of carbonyl (C=O) groups is 2. The average molecular weight is 391 g/mol. The standard InChI is InChI=1S/C23H21NO5/c25-22(24-13-18-14-27-20-10-3-4-11-21(20)29-18)15-28-23(26)12-17-8-5-7-16-6-1-2-9-19(16)17/h1-11,18H,12-15H2,(H,24,25)/t18-/m1/s1. The summed E-state index contributed by atoms with van der Waals surface area (Å²) >= 11 is 0. The number of carbonyl (C=O) groups excluding carboxylic acids is 2. The Bertz CT molecular complexity index is 1030. The SMILES string of the molecule is O=C(COC(=O)Cc1cccc2ccccc12)NC[C@@H]1COc2ccccc2O1. The van der Waals surface area contributed by atoms with E-state index < -0.39 is 5.97 Å². The monoisotopic (exact) mass is 391 g/mol. The van der Waals surface area contributed by atoms with E-state index in [9.17, 15) is 9.59 Å². The molecule has 0 radical (unpaired) electrons. The van der Waals surface area contributed by atoms with Gasteiger partial charge in [-0.05, 0) is 28.5 Å². The fourth-order valence-electron chi connectivity index (χ4n) is 3.24. The summed E-state index contributed by atoms with van der Waals surface area (Å²) in [6.45, 7) is 0.292. The molecule has 0 aliphatic carbocycles. The molecule has 4 rings (SSSR count). The van der Waals surface area contributed by atoms with Gasteiger partial charge in [0.05, 0.1) is 13.0 Å². The number of benzene rings is 3. The van der Waals surface area contributed by atoms with Gasteiger partial charge < -0.3 is 19.5 Å². The number of amides is 1. The quantitative estimate of drug-likeness (QED) is 0.654. The second kappa shape index (κ2) is 8.65. The molecule has 0 aromatic heterocycles. The van der Waals surface area contributed by atoms with Crippen molar-refractivity contribution in [3.05, 3.63) is 72.3 Å². The molecule has 1 aliphatic rings. The Balaban J connectivity index is 1.23. The minimum absolute atomic E-state index is 0.116. The van der Waals surface area contributed by atoms with Crippen molar-refractivity contribution < 1.29 is 23.8 Å². The van der Waals surface area contributed by atoms with Crippen LogP contribution < -0.4 is 14.8 Å². The molecule has 3 aromatic carbocycles. The zero-order valence-electron chi connectivity index (χ0n) is 15.8. The highest BCUT2D eigenvalue weighted by Crippen LogP contribution is 2.30. The average Bonchev–Trinajstić information content (AvgIpc) is 2.76. The molecule has 1 aliphatic heterocycles. The highest BCUT2D eigenvalue weighted by atomic mass is 16.6. The number of hydrogen-bond acceptors (Lipinski definition) is 5. The van der Waals surface area contributed by atoms with Gasteiger partial charge in [0.1, 0.15) is 12.7 Å². The summed E-state index contributed by atoms with van der Waals surface area (Å²) in [5, 5.41) is 4.78. The first kappa shape index (κ1) is 18.8. The van der Waals surface area contributed by atoms with Crippen LogP contribution in [0.5, 0.6) is 11.5 Å². The van der Waals surface area contributed by atoms with Crippen molar-refractivity contribution in [2.45, 2.75) is 12.5 Å². The van der Waals surface area contributed by atoms with Crippen molar-refractivity contribution in [2.75, 3.05) is 19.8 Å². The molecule has 148 valence electrons. The van der Waals surface area contributed by atoms with Crippen molar-refractivity contribution in [3.63, 3.8) is 0 Å². The first-order chi connectivity index (χ1) is 14.2. The summed E-state index contributed by atoms with van der Waals surface area (Å²) in [5.74, 6) is 0.526. The molecule has 0 saturated carbocycles. The lowest BCUT2D eigenvalue weighted by Crippen LogP contribution is -2.42. The summed E-state index contributed by atoms with van der Waals surface area (Å²) in [6, 6.07) is 21.0. The summed E-state index contributed by atoms with van der Waals surface area (Å²) in [7, 11) is 0. The lowest BCUT2D eigenvalue weighted by molar-refractivity contribution is -0.148. The summed E-state index contributed by atoms with van der Waals surface area (Å²) in [4.78, 5) is 24.2. The zero-order chi connectivity index (χ0) is 20.1. The van der Waals surface area contributed by atoms with Gasteiger partial charge in [-0.2, -0.15) is 0 Å². The minimum Gasteiger partial charge on any atom is -0.486 e. The molecule has 6 nitrogen and oxygen atoms in total. The van der Waals surface area contributed by atoms with E-state index in [0.29, 0.717) is 18.1 Å². The van der Waals surface area contributed by atoms with Gasteiger partial charge in [0.25, 0.3) is 5.91 Å². The van der Waals surface area contributed by atoms with Gasteiger partial charge in [0.15, 0.2) is 18.1 Å². The molecule has 3 aromatic rings. The molecule has 1 amide bonds. The van der Waals surface area contributed by atoms with Gasteiger partial charge in [0.2, 0.25) is 0 Å². The number of rotatable bonds is 6. The van der Waals surface area contributed by atoms with Crippen LogP contribution in [0, 0.1) is 0 Å². The first-order valence-corrected chi connectivity index (χ1v) is 9.46. The van der Waals surface area contributed by atoms with E-state index in [1.807, 2.05) is 66.7 Å². The molecule has 0 spiro atoms. The second-order valence-corrected chi connectivity index (χ2v) is 6.78. The summed E-state index contributed by atoms with van der Waals surface area (Å²) < 4.78 is 16.5. The van der Waals surface area contributed by atoms with Crippen molar-refractivity contribution in [3.8, 4) is 11.5 Å². The maximum Gasteiger partial charge on any atom is 0.310 e. The Morgan fingerprint density at radius 1 is 0.966 bits per heavy atom. The van der Waals surface area contributed by atoms with Gasteiger partial charge in [0, 0.05) is 0 Å².